The van der Waals surface area contributed by atoms with Crippen LogP contribution in [0.2, 0.25) is 0 Å². The van der Waals surface area contributed by atoms with Crippen molar-refractivity contribution in [2.75, 3.05) is 12.3 Å². The van der Waals surface area contributed by atoms with E-state index in [1.54, 1.807) is 11.8 Å². The van der Waals surface area contributed by atoms with Gasteiger partial charge in [0.05, 0.1) is 4.87 Å². The Hall–Kier alpha value is -0.220. The highest BCUT2D eigenvalue weighted by Crippen LogP contribution is 2.38. The fourth-order valence-corrected chi connectivity index (χ4v) is 2.95. The molecule has 1 unspecified atom stereocenters. The number of thioether (sulfide) groups is 1. The lowest BCUT2D eigenvalue weighted by molar-refractivity contribution is -0.142. The molecule has 0 radical (unpaired) electrons. The van der Waals surface area contributed by atoms with Crippen LogP contribution in [-0.4, -0.2) is 39.2 Å². The zero-order chi connectivity index (χ0) is 9.35. The standard InChI is InChI=1S/C8H15NO2S/c1-4-9-6(7(10)11)5-12-8(9,2)3/h6H,4-5H2,1-3H3,(H,10,11). The average Bonchev–Trinajstić information content (AvgIpc) is 2.24. The second-order valence-corrected chi connectivity index (χ2v) is 5.02. The van der Waals surface area contributed by atoms with Gasteiger partial charge in [-0.25, -0.2) is 0 Å². The van der Waals surface area contributed by atoms with Crippen molar-refractivity contribution in [3.05, 3.63) is 0 Å². The highest BCUT2D eigenvalue weighted by Gasteiger charge is 2.42. The minimum Gasteiger partial charge on any atom is -0.480 e. The largest absolute Gasteiger partial charge is 0.480 e. The quantitative estimate of drug-likeness (QED) is 0.709. The molecule has 1 atom stereocenters. The molecule has 1 saturated heterocycles. The fraction of sp³-hybridized carbons (Fsp3) is 0.875. The number of carboxylic acid groups (broad SMARTS) is 1. The Balaban J connectivity index is 2.76. The summed E-state index contributed by atoms with van der Waals surface area (Å²) in [7, 11) is 0. The van der Waals surface area contributed by atoms with Gasteiger partial charge in [0.15, 0.2) is 0 Å². The van der Waals surface area contributed by atoms with Gasteiger partial charge in [0.2, 0.25) is 0 Å². The van der Waals surface area contributed by atoms with Crippen molar-refractivity contribution in [3.63, 3.8) is 0 Å². The Morgan fingerprint density at radius 3 is 2.67 bits per heavy atom. The molecule has 3 nitrogen and oxygen atoms in total. The maximum atomic E-state index is 10.8. The molecule has 0 aromatic heterocycles. The molecule has 0 saturated carbocycles. The molecule has 12 heavy (non-hydrogen) atoms. The smallest absolute Gasteiger partial charge is 0.321 e. The van der Waals surface area contributed by atoms with Crippen molar-refractivity contribution >= 4 is 17.7 Å². The number of hydrogen-bond acceptors (Lipinski definition) is 3. The number of carboxylic acids is 1. The van der Waals surface area contributed by atoms with Gasteiger partial charge in [-0.15, -0.1) is 11.8 Å². The number of nitrogens with zero attached hydrogens (tertiary/aromatic N) is 1. The van der Waals surface area contributed by atoms with Gasteiger partial charge in [-0.3, -0.25) is 9.69 Å². The molecule has 1 aliphatic heterocycles. The van der Waals surface area contributed by atoms with Crippen LogP contribution in [0.1, 0.15) is 20.8 Å². The van der Waals surface area contributed by atoms with Crippen LogP contribution >= 0.6 is 11.8 Å². The molecule has 0 aromatic carbocycles. The van der Waals surface area contributed by atoms with E-state index in [9.17, 15) is 4.79 Å². The van der Waals surface area contributed by atoms with Crippen LogP contribution in [0.4, 0.5) is 0 Å². The molecule has 1 aliphatic rings. The lowest BCUT2D eigenvalue weighted by atomic mass is 10.2. The summed E-state index contributed by atoms with van der Waals surface area (Å²) in [5.41, 5.74) is 0. The summed E-state index contributed by atoms with van der Waals surface area (Å²) in [4.78, 5) is 12.8. The Bertz CT molecular complexity index is 193. The Labute approximate surface area is 77.1 Å². The molecular formula is C8H15NO2S. The van der Waals surface area contributed by atoms with Crippen LogP contribution in [-0.2, 0) is 4.79 Å². The maximum Gasteiger partial charge on any atom is 0.321 e. The van der Waals surface area contributed by atoms with Crippen LogP contribution < -0.4 is 0 Å². The van der Waals surface area contributed by atoms with Gasteiger partial charge in [-0.05, 0) is 20.4 Å². The van der Waals surface area contributed by atoms with Crippen LogP contribution in [0.5, 0.6) is 0 Å². The molecule has 0 aliphatic carbocycles. The first kappa shape index (κ1) is 9.86. The first-order valence-electron chi connectivity index (χ1n) is 4.12. The second kappa shape index (κ2) is 3.26. The third-order valence-electron chi connectivity index (χ3n) is 2.29. The Morgan fingerprint density at radius 1 is 1.75 bits per heavy atom. The lowest BCUT2D eigenvalue weighted by Crippen LogP contribution is -2.45. The molecule has 1 rings (SSSR count). The minimum atomic E-state index is -0.699. The van der Waals surface area contributed by atoms with Crippen molar-refractivity contribution in [2.45, 2.75) is 31.7 Å². The summed E-state index contributed by atoms with van der Waals surface area (Å²) in [6, 6.07) is -0.296. The van der Waals surface area contributed by atoms with E-state index in [-0.39, 0.29) is 10.9 Å². The monoisotopic (exact) mass is 189 g/mol. The molecule has 0 aromatic rings. The van der Waals surface area contributed by atoms with Crippen molar-refractivity contribution in [1.29, 1.82) is 0 Å². The maximum absolute atomic E-state index is 10.8. The molecule has 0 amide bonds. The predicted molar refractivity (Wildman–Crippen MR) is 50.3 cm³/mol. The van der Waals surface area contributed by atoms with Crippen molar-refractivity contribution < 1.29 is 9.90 Å². The average molecular weight is 189 g/mol. The van der Waals surface area contributed by atoms with E-state index in [1.165, 1.54) is 0 Å². The molecular weight excluding hydrogens is 174 g/mol. The van der Waals surface area contributed by atoms with Crippen LogP contribution in [0.15, 0.2) is 0 Å². The second-order valence-electron chi connectivity index (χ2n) is 3.40. The molecule has 1 fully saturated rings. The number of hydrogen-bond donors (Lipinski definition) is 1. The Morgan fingerprint density at radius 2 is 2.33 bits per heavy atom. The van der Waals surface area contributed by atoms with E-state index >= 15 is 0 Å². The summed E-state index contributed by atoms with van der Waals surface area (Å²) in [6.45, 7) is 6.95. The van der Waals surface area contributed by atoms with E-state index in [4.69, 9.17) is 5.11 Å². The van der Waals surface area contributed by atoms with Gasteiger partial charge < -0.3 is 5.11 Å². The van der Waals surface area contributed by atoms with Gasteiger partial charge in [0.1, 0.15) is 6.04 Å². The van der Waals surface area contributed by atoms with Crippen molar-refractivity contribution in [3.8, 4) is 0 Å². The van der Waals surface area contributed by atoms with Crippen molar-refractivity contribution in [2.24, 2.45) is 0 Å². The molecule has 0 spiro atoms. The number of likely N-dealkylation sites (N-methyl/N-ethyl adjacent to an activating group) is 1. The normalized spacial score (nSPS) is 29.1. The van der Waals surface area contributed by atoms with Gasteiger partial charge in [0.25, 0.3) is 0 Å². The third-order valence-corrected chi connectivity index (χ3v) is 3.71. The van der Waals surface area contributed by atoms with E-state index in [2.05, 4.69) is 13.8 Å². The van der Waals surface area contributed by atoms with Crippen LogP contribution in [0.25, 0.3) is 0 Å². The van der Waals surface area contributed by atoms with Gasteiger partial charge in [0, 0.05) is 5.75 Å². The third kappa shape index (κ3) is 1.59. The first-order chi connectivity index (χ1) is 5.49. The van der Waals surface area contributed by atoms with E-state index in [0.717, 1.165) is 6.54 Å². The lowest BCUT2D eigenvalue weighted by Gasteiger charge is -2.31. The zero-order valence-corrected chi connectivity index (χ0v) is 8.52. The minimum absolute atomic E-state index is 0.0161. The van der Waals surface area contributed by atoms with E-state index < -0.39 is 5.97 Å². The van der Waals surface area contributed by atoms with Gasteiger partial charge in [-0.1, -0.05) is 6.92 Å². The molecule has 1 N–H and O–H groups in total. The van der Waals surface area contributed by atoms with Crippen LogP contribution in [0, 0.1) is 0 Å². The highest BCUT2D eigenvalue weighted by molar-refractivity contribution is 8.00. The number of carbonyl (C=O) groups is 1. The first-order valence-corrected chi connectivity index (χ1v) is 5.11. The summed E-state index contributed by atoms with van der Waals surface area (Å²) in [6.07, 6.45) is 0. The van der Waals surface area contributed by atoms with E-state index in [0.29, 0.717) is 5.75 Å². The summed E-state index contributed by atoms with van der Waals surface area (Å²) >= 11 is 1.71. The SMILES string of the molecule is CCN1C(C(=O)O)CSC1(C)C. The van der Waals surface area contributed by atoms with Crippen LogP contribution in [0.3, 0.4) is 0 Å². The molecule has 4 heteroatoms. The summed E-state index contributed by atoms with van der Waals surface area (Å²) < 4.78 is 0. The van der Waals surface area contributed by atoms with Gasteiger partial charge >= 0.3 is 5.97 Å². The Kier molecular flexibility index (Phi) is 2.68. The summed E-state index contributed by atoms with van der Waals surface area (Å²) in [5.74, 6) is 0.00539. The predicted octanol–water partition coefficient (Wildman–Crippen LogP) is 1.24. The van der Waals surface area contributed by atoms with Crippen molar-refractivity contribution in [1.82, 2.24) is 4.90 Å². The highest BCUT2D eigenvalue weighted by atomic mass is 32.2. The topological polar surface area (TPSA) is 40.5 Å². The zero-order valence-electron chi connectivity index (χ0n) is 7.70. The molecule has 1 heterocycles. The number of rotatable bonds is 2. The van der Waals surface area contributed by atoms with E-state index in [1.807, 2.05) is 11.8 Å². The van der Waals surface area contributed by atoms with Gasteiger partial charge in [-0.2, -0.15) is 0 Å². The number of aliphatic carboxylic acids is 1. The molecule has 0 bridgehead atoms. The summed E-state index contributed by atoms with van der Waals surface area (Å²) in [5, 5.41) is 8.89. The molecule has 70 valence electrons. The fourth-order valence-electron chi connectivity index (χ4n) is 1.64.